The number of nitrogens with two attached hydrogens (primary N) is 1. The van der Waals surface area contributed by atoms with Crippen molar-refractivity contribution < 1.29 is 9.59 Å². The van der Waals surface area contributed by atoms with Gasteiger partial charge in [0.25, 0.3) is 11.8 Å². The molecule has 4 aromatic rings. The molecule has 2 aliphatic rings. The zero-order valence-corrected chi connectivity index (χ0v) is 19.3. The van der Waals surface area contributed by atoms with E-state index in [9.17, 15) is 9.59 Å². The number of para-hydroxylation sites is 1. The standard InChI is InChI=1S/C27H23N7O2/c1-2-22(35)33-14-16-11-20(33)21(12-16)34-26-23(25(28)29-15-30-26)24(32-34)17-7-6-8-18(13-17)27(36)31-19-9-4-3-5-10-19/h1,3-10,13,15-16,20-21H,11-12,14H2,(H,31,36)(H2,28,29,30). The molecule has 36 heavy (non-hydrogen) atoms. The van der Waals surface area contributed by atoms with Crippen LogP contribution in [0.5, 0.6) is 0 Å². The van der Waals surface area contributed by atoms with Crippen molar-refractivity contribution in [1.29, 1.82) is 0 Å². The van der Waals surface area contributed by atoms with Gasteiger partial charge in [-0.3, -0.25) is 9.59 Å². The van der Waals surface area contributed by atoms with Crippen LogP contribution in [0.25, 0.3) is 22.3 Å². The molecule has 1 aliphatic heterocycles. The van der Waals surface area contributed by atoms with Gasteiger partial charge >= 0.3 is 0 Å². The van der Waals surface area contributed by atoms with Crippen LogP contribution < -0.4 is 11.1 Å². The highest BCUT2D eigenvalue weighted by Gasteiger charge is 2.48. The van der Waals surface area contributed by atoms with E-state index in [-0.39, 0.29) is 23.9 Å². The molecule has 2 amide bonds. The van der Waals surface area contributed by atoms with Crippen molar-refractivity contribution in [3.05, 3.63) is 66.5 Å². The van der Waals surface area contributed by atoms with E-state index in [4.69, 9.17) is 17.3 Å². The lowest BCUT2D eigenvalue weighted by atomic mass is 10.1. The minimum atomic E-state index is -0.296. The van der Waals surface area contributed by atoms with E-state index in [0.29, 0.717) is 46.3 Å². The van der Waals surface area contributed by atoms with Gasteiger partial charge in [0.2, 0.25) is 0 Å². The third-order valence-corrected chi connectivity index (χ3v) is 7.10. The molecular weight excluding hydrogens is 454 g/mol. The lowest BCUT2D eigenvalue weighted by molar-refractivity contribution is -0.127. The Bertz CT molecular complexity index is 1540. The van der Waals surface area contributed by atoms with Gasteiger partial charge in [0.05, 0.1) is 17.5 Å². The van der Waals surface area contributed by atoms with Crippen LogP contribution in [0.2, 0.25) is 0 Å². The van der Waals surface area contributed by atoms with Gasteiger partial charge in [-0.15, -0.1) is 6.42 Å². The number of likely N-dealkylation sites (tertiary alicyclic amines) is 1. The third kappa shape index (κ3) is 3.55. The van der Waals surface area contributed by atoms with E-state index in [0.717, 1.165) is 18.4 Å². The zero-order valence-electron chi connectivity index (χ0n) is 19.3. The minimum absolute atomic E-state index is 0.0475. The summed E-state index contributed by atoms with van der Waals surface area (Å²) >= 11 is 0. The van der Waals surface area contributed by atoms with Gasteiger partial charge in [0, 0.05) is 23.4 Å². The molecule has 1 aliphatic carbocycles. The second kappa shape index (κ2) is 8.50. The molecule has 3 unspecified atom stereocenters. The summed E-state index contributed by atoms with van der Waals surface area (Å²) in [5.41, 5.74) is 9.42. The Kier molecular flexibility index (Phi) is 5.15. The second-order valence-electron chi connectivity index (χ2n) is 9.23. The molecular formula is C27H23N7O2. The molecule has 2 aromatic carbocycles. The van der Waals surface area contributed by atoms with E-state index in [1.807, 2.05) is 47.1 Å². The van der Waals surface area contributed by atoms with Crippen LogP contribution in [0.3, 0.4) is 0 Å². The summed E-state index contributed by atoms with van der Waals surface area (Å²) < 4.78 is 1.86. The molecule has 1 saturated carbocycles. The number of carbonyl (C=O) groups is 2. The first kappa shape index (κ1) is 21.8. The molecule has 2 aromatic heterocycles. The highest BCUT2D eigenvalue weighted by atomic mass is 16.2. The molecule has 9 nitrogen and oxygen atoms in total. The number of nitrogens with one attached hydrogen (secondary N) is 1. The van der Waals surface area contributed by atoms with Crippen molar-refractivity contribution in [3.63, 3.8) is 0 Å². The predicted octanol–water partition coefficient (Wildman–Crippen LogP) is 3.12. The number of benzene rings is 2. The molecule has 9 heteroatoms. The number of hydrogen-bond donors (Lipinski definition) is 2. The van der Waals surface area contributed by atoms with E-state index < -0.39 is 0 Å². The van der Waals surface area contributed by atoms with Crippen LogP contribution in [0.4, 0.5) is 11.5 Å². The van der Waals surface area contributed by atoms with E-state index >= 15 is 0 Å². The fraction of sp³-hybridized carbons (Fsp3) is 0.222. The molecule has 2 fully saturated rings. The number of terminal acetylenes is 1. The van der Waals surface area contributed by atoms with Crippen LogP contribution in [-0.2, 0) is 4.79 Å². The average molecular weight is 478 g/mol. The van der Waals surface area contributed by atoms with Crippen molar-refractivity contribution in [2.24, 2.45) is 5.92 Å². The number of hydrogen-bond acceptors (Lipinski definition) is 6. The lowest BCUT2D eigenvalue weighted by Gasteiger charge is -2.32. The Balaban J connectivity index is 1.40. The van der Waals surface area contributed by atoms with Gasteiger partial charge in [0.1, 0.15) is 17.8 Å². The van der Waals surface area contributed by atoms with Crippen LogP contribution in [0, 0.1) is 18.3 Å². The Morgan fingerprint density at radius 3 is 2.64 bits per heavy atom. The van der Waals surface area contributed by atoms with Gasteiger partial charge in [-0.05, 0) is 48.9 Å². The Morgan fingerprint density at radius 1 is 1.06 bits per heavy atom. The van der Waals surface area contributed by atoms with Crippen molar-refractivity contribution in [2.45, 2.75) is 24.9 Å². The Morgan fingerprint density at radius 2 is 1.86 bits per heavy atom. The van der Waals surface area contributed by atoms with Crippen LogP contribution in [-0.4, -0.2) is 49.0 Å². The number of nitrogens with zero attached hydrogens (tertiary/aromatic N) is 5. The Labute approximate surface area is 207 Å². The summed E-state index contributed by atoms with van der Waals surface area (Å²) in [5.74, 6) is 2.39. The number of carbonyl (C=O) groups excluding carboxylic acids is 2. The second-order valence-corrected chi connectivity index (χ2v) is 9.23. The molecule has 0 radical (unpaired) electrons. The number of fused-ring (bicyclic) bond motifs is 3. The number of nitrogen functional groups attached to an aromatic ring is 1. The van der Waals surface area contributed by atoms with E-state index in [1.54, 1.807) is 17.0 Å². The number of piperidine rings is 1. The van der Waals surface area contributed by atoms with Crippen LogP contribution >= 0.6 is 0 Å². The van der Waals surface area contributed by atoms with E-state index in [1.165, 1.54) is 6.33 Å². The molecule has 3 N–H and O–H groups in total. The summed E-state index contributed by atoms with van der Waals surface area (Å²) in [5, 5.41) is 8.47. The third-order valence-electron chi connectivity index (χ3n) is 7.10. The van der Waals surface area contributed by atoms with Gasteiger partial charge in [-0.1, -0.05) is 30.3 Å². The highest BCUT2D eigenvalue weighted by Crippen LogP contribution is 2.46. The fourth-order valence-corrected chi connectivity index (χ4v) is 5.53. The number of amides is 2. The highest BCUT2D eigenvalue weighted by molar-refractivity contribution is 6.06. The van der Waals surface area contributed by atoms with Crippen molar-refractivity contribution in [3.8, 4) is 23.6 Å². The monoisotopic (exact) mass is 477 g/mol. The molecule has 3 heterocycles. The smallest absolute Gasteiger partial charge is 0.298 e. The number of anilines is 2. The maximum Gasteiger partial charge on any atom is 0.298 e. The fourth-order valence-electron chi connectivity index (χ4n) is 5.53. The van der Waals surface area contributed by atoms with Crippen LogP contribution in [0.15, 0.2) is 60.9 Å². The first-order valence-electron chi connectivity index (χ1n) is 11.8. The van der Waals surface area contributed by atoms with Crippen LogP contribution in [0.1, 0.15) is 29.2 Å². The lowest BCUT2D eigenvalue weighted by Crippen LogP contribution is -2.42. The summed E-state index contributed by atoms with van der Waals surface area (Å²) in [6, 6.07) is 16.4. The van der Waals surface area contributed by atoms with Gasteiger partial charge < -0.3 is 16.0 Å². The quantitative estimate of drug-likeness (QED) is 0.436. The van der Waals surface area contributed by atoms with Gasteiger partial charge in [-0.25, -0.2) is 14.6 Å². The molecule has 1 saturated heterocycles. The molecule has 2 bridgehead atoms. The first-order valence-corrected chi connectivity index (χ1v) is 11.8. The van der Waals surface area contributed by atoms with Crippen molar-refractivity contribution >= 4 is 34.4 Å². The minimum Gasteiger partial charge on any atom is -0.383 e. The number of aromatic nitrogens is 4. The molecule has 6 rings (SSSR count). The normalized spacial score (nSPS) is 20.4. The Hall–Kier alpha value is -4.71. The molecule has 178 valence electrons. The predicted molar refractivity (Wildman–Crippen MR) is 136 cm³/mol. The van der Waals surface area contributed by atoms with Crippen molar-refractivity contribution in [2.75, 3.05) is 17.6 Å². The zero-order chi connectivity index (χ0) is 24.8. The van der Waals surface area contributed by atoms with Gasteiger partial charge in [0.15, 0.2) is 5.65 Å². The summed E-state index contributed by atoms with van der Waals surface area (Å²) in [7, 11) is 0. The number of rotatable bonds is 4. The van der Waals surface area contributed by atoms with Gasteiger partial charge in [-0.2, -0.15) is 5.10 Å². The average Bonchev–Trinajstić information content (AvgIpc) is 3.62. The van der Waals surface area contributed by atoms with Crippen molar-refractivity contribution in [1.82, 2.24) is 24.6 Å². The molecule has 3 atom stereocenters. The maximum atomic E-state index is 12.9. The largest absolute Gasteiger partial charge is 0.383 e. The van der Waals surface area contributed by atoms with E-state index in [2.05, 4.69) is 21.2 Å². The molecule has 0 spiro atoms. The maximum absolute atomic E-state index is 12.9. The SMILES string of the molecule is C#CC(=O)N1CC2CC1C(n1nc(-c3cccc(C(=O)Nc4ccccc4)c3)c3c(N)ncnc31)C2. The summed E-state index contributed by atoms with van der Waals surface area (Å²) in [6.07, 6.45) is 8.58. The first-order chi connectivity index (χ1) is 17.5. The summed E-state index contributed by atoms with van der Waals surface area (Å²) in [6.45, 7) is 0.673. The summed E-state index contributed by atoms with van der Waals surface area (Å²) in [4.78, 5) is 35.7. The topological polar surface area (TPSA) is 119 Å².